The third-order valence-electron chi connectivity index (χ3n) is 12.9. The van der Waals surface area contributed by atoms with Gasteiger partial charge in [-0.25, -0.2) is 0 Å². The van der Waals surface area contributed by atoms with E-state index in [1.807, 2.05) is 0 Å². The predicted octanol–water partition coefficient (Wildman–Crippen LogP) is 16.9. The summed E-state index contributed by atoms with van der Waals surface area (Å²) in [4.78, 5) is 2.40. The summed E-state index contributed by atoms with van der Waals surface area (Å²) in [7, 11) is 0. The van der Waals surface area contributed by atoms with Crippen LogP contribution in [0.15, 0.2) is 235 Å². The first kappa shape index (κ1) is 35.4. The second-order valence-electron chi connectivity index (χ2n) is 16.4. The fourth-order valence-corrected chi connectivity index (χ4v) is 10.2. The fourth-order valence-electron chi connectivity index (χ4n) is 10.2. The van der Waals surface area contributed by atoms with Gasteiger partial charge in [0.15, 0.2) is 0 Å². The first-order valence-electron chi connectivity index (χ1n) is 21.6. The number of para-hydroxylation sites is 2. The average molecular weight is 803 g/mol. The number of rotatable bonds is 6. The molecule has 63 heavy (non-hydrogen) atoms. The van der Waals surface area contributed by atoms with E-state index in [1.54, 1.807) is 0 Å². The van der Waals surface area contributed by atoms with Crippen molar-refractivity contribution in [1.82, 2.24) is 4.57 Å². The number of fused-ring (bicyclic) bond motifs is 10. The molecule has 0 atom stereocenters. The zero-order valence-electron chi connectivity index (χ0n) is 34.2. The van der Waals surface area contributed by atoms with Gasteiger partial charge in [0.25, 0.3) is 0 Å². The topological polar surface area (TPSA) is 21.3 Å². The summed E-state index contributed by atoms with van der Waals surface area (Å²) in [6, 6.07) is 83.4. The molecule has 3 heteroatoms. The molecule has 0 unspecified atom stereocenters. The summed E-state index contributed by atoms with van der Waals surface area (Å²) >= 11 is 0. The van der Waals surface area contributed by atoms with Crippen molar-refractivity contribution in [2.45, 2.75) is 0 Å². The minimum atomic E-state index is 0.871. The predicted molar refractivity (Wildman–Crippen MR) is 266 cm³/mol. The van der Waals surface area contributed by atoms with Gasteiger partial charge < -0.3 is 13.9 Å². The van der Waals surface area contributed by atoms with E-state index in [0.29, 0.717) is 0 Å². The second-order valence-corrected chi connectivity index (χ2v) is 16.4. The van der Waals surface area contributed by atoms with Crippen molar-refractivity contribution in [3.05, 3.63) is 231 Å². The lowest BCUT2D eigenvalue weighted by atomic mass is 9.93. The number of furan rings is 1. The molecule has 0 bridgehead atoms. The summed E-state index contributed by atoms with van der Waals surface area (Å²) in [5.41, 5.74) is 13.1. The highest BCUT2D eigenvalue weighted by Crippen LogP contribution is 2.48. The normalized spacial score (nSPS) is 11.8. The molecule has 0 saturated carbocycles. The van der Waals surface area contributed by atoms with E-state index in [0.717, 1.165) is 61.3 Å². The van der Waals surface area contributed by atoms with Gasteiger partial charge in [-0.15, -0.1) is 0 Å². The first-order valence-corrected chi connectivity index (χ1v) is 21.6. The minimum absolute atomic E-state index is 0.871. The van der Waals surface area contributed by atoms with Crippen molar-refractivity contribution >= 4 is 93.1 Å². The number of hydrogen-bond donors (Lipinski definition) is 0. The summed E-state index contributed by atoms with van der Waals surface area (Å²) in [6.45, 7) is 0. The van der Waals surface area contributed by atoms with Gasteiger partial charge in [0.2, 0.25) is 0 Å². The van der Waals surface area contributed by atoms with Crippen LogP contribution >= 0.6 is 0 Å². The SMILES string of the molecule is c1ccc(-c2c3c(cc4c2c2ccc(-c5cccc6ccccc56)cc2n4-c2ccc(N(c4ccccc4)c4cc5ccccc5c5ccccc45)cc2)oc2ccccc23)cc1. The van der Waals surface area contributed by atoms with Crippen molar-refractivity contribution in [3.8, 4) is 27.9 Å². The smallest absolute Gasteiger partial charge is 0.138 e. The molecule has 0 radical (unpaired) electrons. The van der Waals surface area contributed by atoms with Crippen molar-refractivity contribution in [2.75, 3.05) is 4.90 Å². The Morgan fingerprint density at radius 2 is 0.984 bits per heavy atom. The maximum atomic E-state index is 6.75. The van der Waals surface area contributed by atoms with E-state index in [2.05, 4.69) is 240 Å². The Hall–Kier alpha value is -8.40. The van der Waals surface area contributed by atoms with Crippen LogP contribution in [-0.2, 0) is 0 Å². The molecule has 2 aromatic heterocycles. The number of benzene rings is 11. The molecule has 13 rings (SSSR count). The Labute approximate surface area is 363 Å². The standard InChI is InChI=1S/C60H38N2O/c1-3-17-40(18-4-1)58-59-51-35-30-42(47-28-15-20-39-16-7-9-23-46(39)47)37-54(51)62(55(59)38-57-60(58)52-27-13-14-29-56(52)63-57)45-33-31-44(32-34-45)61(43-21-5-2-6-22-43)53-36-41-19-8-10-24-48(41)49-25-11-12-26-50(49)53/h1-38H. The van der Waals surface area contributed by atoms with Crippen LogP contribution in [-0.4, -0.2) is 4.57 Å². The Balaban J connectivity index is 1.09. The Kier molecular flexibility index (Phi) is 7.91. The second kappa shape index (κ2) is 14.1. The van der Waals surface area contributed by atoms with Gasteiger partial charge in [0.05, 0.1) is 16.7 Å². The van der Waals surface area contributed by atoms with E-state index in [-0.39, 0.29) is 0 Å². The third kappa shape index (κ3) is 5.53. The molecule has 0 saturated heterocycles. The van der Waals surface area contributed by atoms with Gasteiger partial charge in [0.1, 0.15) is 11.2 Å². The van der Waals surface area contributed by atoms with Crippen LogP contribution in [0.5, 0.6) is 0 Å². The molecule has 294 valence electrons. The third-order valence-corrected chi connectivity index (χ3v) is 12.9. The van der Waals surface area contributed by atoms with Crippen molar-refractivity contribution in [2.24, 2.45) is 0 Å². The number of hydrogen-bond acceptors (Lipinski definition) is 2. The highest BCUT2D eigenvalue weighted by molar-refractivity contribution is 6.27. The van der Waals surface area contributed by atoms with Crippen molar-refractivity contribution < 1.29 is 4.42 Å². The Morgan fingerprint density at radius 1 is 0.349 bits per heavy atom. The van der Waals surface area contributed by atoms with Gasteiger partial charge >= 0.3 is 0 Å². The monoisotopic (exact) mass is 802 g/mol. The van der Waals surface area contributed by atoms with Gasteiger partial charge in [0, 0.05) is 55.6 Å². The quantitative estimate of drug-likeness (QED) is 0.156. The zero-order valence-corrected chi connectivity index (χ0v) is 34.2. The van der Waals surface area contributed by atoms with E-state index < -0.39 is 0 Å². The zero-order chi connectivity index (χ0) is 41.4. The number of anilines is 3. The summed E-state index contributed by atoms with van der Waals surface area (Å²) in [6.07, 6.45) is 0. The number of nitrogens with zero attached hydrogens (tertiary/aromatic N) is 2. The van der Waals surface area contributed by atoms with E-state index >= 15 is 0 Å². The molecule has 0 aliphatic heterocycles. The molecule has 0 spiro atoms. The maximum absolute atomic E-state index is 6.75. The molecule has 0 aliphatic carbocycles. The maximum Gasteiger partial charge on any atom is 0.138 e. The van der Waals surface area contributed by atoms with E-state index in [1.165, 1.54) is 59.8 Å². The Morgan fingerprint density at radius 3 is 1.79 bits per heavy atom. The molecule has 3 nitrogen and oxygen atoms in total. The lowest BCUT2D eigenvalue weighted by Gasteiger charge is -2.27. The summed E-state index contributed by atoms with van der Waals surface area (Å²) in [5, 5.41) is 12.0. The highest BCUT2D eigenvalue weighted by Gasteiger charge is 2.24. The molecule has 0 amide bonds. The summed E-state index contributed by atoms with van der Waals surface area (Å²) in [5.74, 6) is 0. The van der Waals surface area contributed by atoms with Gasteiger partial charge in [-0.2, -0.15) is 0 Å². The highest BCUT2D eigenvalue weighted by atomic mass is 16.3. The number of aromatic nitrogens is 1. The van der Waals surface area contributed by atoms with Crippen LogP contribution in [0.1, 0.15) is 0 Å². The average Bonchev–Trinajstić information content (AvgIpc) is 3.89. The van der Waals surface area contributed by atoms with E-state index in [9.17, 15) is 0 Å². The van der Waals surface area contributed by atoms with Crippen LogP contribution in [0, 0.1) is 0 Å². The summed E-state index contributed by atoms with van der Waals surface area (Å²) < 4.78 is 9.19. The van der Waals surface area contributed by atoms with Crippen molar-refractivity contribution in [1.29, 1.82) is 0 Å². The van der Waals surface area contributed by atoms with Crippen molar-refractivity contribution in [3.63, 3.8) is 0 Å². The van der Waals surface area contributed by atoms with E-state index in [4.69, 9.17) is 4.42 Å². The minimum Gasteiger partial charge on any atom is -0.456 e. The molecular weight excluding hydrogens is 765 g/mol. The Bertz CT molecular complexity index is 3890. The van der Waals surface area contributed by atoms with Gasteiger partial charge in [-0.05, 0) is 98.2 Å². The van der Waals surface area contributed by atoms with Gasteiger partial charge in [-0.3, -0.25) is 0 Å². The molecule has 0 fully saturated rings. The molecule has 11 aromatic carbocycles. The van der Waals surface area contributed by atoms with Crippen LogP contribution in [0.4, 0.5) is 17.1 Å². The first-order chi connectivity index (χ1) is 31.3. The largest absolute Gasteiger partial charge is 0.456 e. The molecular formula is C60H38N2O. The molecule has 2 heterocycles. The lowest BCUT2D eigenvalue weighted by Crippen LogP contribution is -2.10. The molecule has 13 aromatic rings. The lowest BCUT2D eigenvalue weighted by molar-refractivity contribution is 0.669. The van der Waals surface area contributed by atoms with Crippen LogP contribution < -0.4 is 4.90 Å². The molecule has 0 N–H and O–H groups in total. The molecule has 0 aliphatic rings. The van der Waals surface area contributed by atoms with Crippen LogP contribution in [0.3, 0.4) is 0 Å². The van der Waals surface area contributed by atoms with Gasteiger partial charge in [-0.1, -0.05) is 170 Å². The van der Waals surface area contributed by atoms with Crippen LogP contribution in [0.2, 0.25) is 0 Å². The van der Waals surface area contributed by atoms with Crippen LogP contribution in [0.25, 0.3) is 104 Å². The fraction of sp³-hybridized carbons (Fsp3) is 0.